The molecule has 2 N–H and O–H groups in total. The summed E-state index contributed by atoms with van der Waals surface area (Å²) in [6, 6.07) is -0.836. The van der Waals surface area contributed by atoms with E-state index in [9.17, 15) is 9.59 Å². The molecule has 0 aliphatic carbocycles. The van der Waals surface area contributed by atoms with E-state index in [0.717, 1.165) is 12.8 Å². The largest absolute Gasteiger partial charge is 0.480 e. The maximum Gasteiger partial charge on any atom is 0.326 e. The maximum absolute atomic E-state index is 11.8. The lowest BCUT2D eigenvalue weighted by Gasteiger charge is -2.19. The molecule has 1 rings (SSSR count). The minimum Gasteiger partial charge on any atom is -0.480 e. The van der Waals surface area contributed by atoms with Crippen molar-refractivity contribution in [2.24, 2.45) is 5.92 Å². The van der Waals surface area contributed by atoms with E-state index in [1.54, 1.807) is 0 Å². The molecule has 0 fully saturated rings. The highest BCUT2D eigenvalue weighted by Crippen LogP contribution is 2.09. The molecule has 0 aromatic carbocycles. The van der Waals surface area contributed by atoms with Gasteiger partial charge in [0.15, 0.2) is 5.82 Å². The molecule has 2 unspecified atom stereocenters. The van der Waals surface area contributed by atoms with Gasteiger partial charge in [0.25, 0.3) is 0 Å². The highest BCUT2D eigenvalue weighted by Gasteiger charge is 2.24. The predicted molar refractivity (Wildman–Crippen MR) is 80.3 cm³/mol. The molecule has 7 nitrogen and oxygen atoms in total. The van der Waals surface area contributed by atoms with E-state index in [-0.39, 0.29) is 18.2 Å². The van der Waals surface area contributed by atoms with E-state index < -0.39 is 12.0 Å². The van der Waals surface area contributed by atoms with Gasteiger partial charge in [0.2, 0.25) is 11.8 Å². The third-order valence-electron chi connectivity index (χ3n) is 3.57. The Morgan fingerprint density at radius 2 is 2.05 bits per heavy atom. The van der Waals surface area contributed by atoms with Crippen LogP contribution in [0.25, 0.3) is 0 Å². The van der Waals surface area contributed by atoms with Gasteiger partial charge in [0, 0.05) is 19.3 Å². The van der Waals surface area contributed by atoms with E-state index >= 15 is 0 Å². The molecule has 0 bridgehead atoms. The smallest absolute Gasteiger partial charge is 0.326 e. The monoisotopic (exact) mass is 311 g/mol. The number of aryl methyl sites for hydroxylation is 2. The van der Waals surface area contributed by atoms with E-state index in [2.05, 4.69) is 15.5 Å². The summed E-state index contributed by atoms with van der Waals surface area (Å²) in [5.74, 6) is -0.156. The van der Waals surface area contributed by atoms with E-state index in [0.29, 0.717) is 31.0 Å². The molecule has 7 heteroatoms. The SMILES string of the molecule is CCCc1noc(CCCC(=O)NC(C(=O)O)C(C)CC)n1. The summed E-state index contributed by atoms with van der Waals surface area (Å²) in [6.45, 7) is 5.75. The number of amides is 1. The van der Waals surface area contributed by atoms with Gasteiger partial charge in [-0.3, -0.25) is 4.79 Å². The first-order valence-electron chi connectivity index (χ1n) is 7.81. The zero-order valence-electron chi connectivity index (χ0n) is 13.5. The van der Waals surface area contributed by atoms with Crippen LogP contribution < -0.4 is 5.32 Å². The number of rotatable bonds is 10. The number of hydrogen-bond donors (Lipinski definition) is 2. The molecule has 0 aliphatic rings. The lowest BCUT2D eigenvalue weighted by Crippen LogP contribution is -2.44. The summed E-state index contributed by atoms with van der Waals surface area (Å²) in [6.07, 6.45) is 3.73. The van der Waals surface area contributed by atoms with Gasteiger partial charge in [0.05, 0.1) is 0 Å². The zero-order valence-corrected chi connectivity index (χ0v) is 13.5. The fourth-order valence-electron chi connectivity index (χ4n) is 2.05. The first-order chi connectivity index (χ1) is 10.5. The van der Waals surface area contributed by atoms with E-state index in [1.807, 2.05) is 20.8 Å². The van der Waals surface area contributed by atoms with E-state index in [1.165, 1.54) is 0 Å². The summed E-state index contributed by atoms with van der Waals surface area (Å²) in [7, 11) is 0. The number of aliphatic carboxylic acids is 1. The number of carbonyl (C=O) groups is 2. The van der Waals surface area contributed by atoms with Crippen LogP contribution in [0.2, 0.25) is 0 Å². The number of aromatic nitrogens is 2. The Bertz CT molecular complexity index is 487. The van der Waals surface area contributed by atoms with Crippen molar-refractivity contribution in [3.63, 3.8) is 0 Å². The molecule has 0 saturated carbocycles. The molecule has 124 valence electrons. The van der Waals surface area contributed by atoms with Crippen LogP contribution in [0.1, 0.15) is 58.2 Å². The summed E-state index contributed by atoms with van der Waals surface area (Å²) in [5.41, 5.74) is 0. The van der Waals surface area contributed by atoms with Crippen molar-refractivity contribution >= 4 is 11.9 Å². The van der Waals surface area contributed by atoms with Crippen LogP contribution in [0, 0.1) is 5.92 Å². The molecular weight excluding hydrogens is 286 g/mol. The van der Waals surface area contributed by atoms with Crippen LogP contribution >= 0.6 is 0 Å². The Morgan fingerprint density at radius 1 is 1.32 bits per heavy atom. The van der Waals surface area contributed by atoms with Gasteiger partial charge in [-0.05, 0) is 18.8 Å². The Morgan fingerprint density at radius 3 is 2.64 bits per heavy atom. The lowest BCUT2D eigenvalue weighted by atomic mass is 9.99. The average molecular weight is 311 g/mol. The third-order valence-corrected chi connectivity index (χ3v) is 3.57. The van der Waals surface area contributed by atoms with Crippen molar-refractivity contribution in [3.8, 4) is 0 Å². The highest BCUT2D eigenvalue weighted by atomic mass is 16.5. The van der Waals surface area contributed by atoms with Crippen molar-refractivity contribution in [3.05, 3.63) is 11.7 Å². The standard InChI is InChI=1S/C15H25N3O4/c1-4-7-11-16-13(22-18-11)9-6-8-12(19)17-14(15(20)21)10(3)5-2/h10,14H,4-9H2,1-3H3,(H,17,19)(H,20,21). The van der Waals surface area contributed by atoms with Gasteiger partial charge in [0.1, 0.15) is 6.04 Å². The summed E-state index contributed by atoms with van der Waals surface area (Å²) in [5, 5.41) is 15.6. The second-order valence-electron chi connectivity index (χ2n) is 5.48. The predicted octanol–water partition coefficient (Wildman–Crippen LogP) is 1.96. The maximum atomic E-state index is 11.8. The van der Waals surface area contributed by atoms with Crippen LogP contribution in [0.5, 0.6) is 0 Å². The topological polar surface area (TPSA) is 105 Å². The van der Waals surface area contributed by atoms with E-state index in [4.69, 9.17) is 9.63 Å². The summed E-state index contributed by atoms with van der Waals surface area (Å²) < 4.78 is 5.09. The van der Waals surface area contributed by atoms with Crippen molar-refractivity contribution in [2.45, 2.75) is 65.3 Å². The molecule has 1 aromatic rings. The molecule has 0 spiro atoms. The number of hydrogen-bond acceptors (Lipinski definition) is 5. The van der Waals surface area contributed by atoms with Crippen LogP contribution in [0.3, 0.4) is 0 Å². The van der Waals surface area contributed by atoms with Crippen molar-refractivity contribution in [2.75, 3.05) is 0 Å². The number of nitrogens with zero attached hydrogens (tertiary/aromatic N) is 2. The fraction of sp³-hybridized carbons (Fsp3) is 0.733. The fourth-order valence-corrected chi connectivity index (χ4v) is 2.05. The molecule has 0 saturated heterocycles. The van der Waals surface area contributed by atoms with Crippen molar-refractivity contribution in [1.29, 1.82) is 0 Å². The number of carboxylic acids is 1. The highest BCUT2D eigenvalue weighted by molar-refractivity contribution is 5.83. The van der Waals surface area contributed by atoms with Gasteiger partial charge in [-0.25, -0.2) is 4.79 Å². The van der Waals surface area contributed by atoms with Crippen LogP contribution in [-0.4, -0.2) is 33.2 Å². The minimum absolute atomic E-state index is 0.103. The number of carboxylic acid groups (broad SMARTS) is 1. The quantitative estimate of drug-likeness (QED) is 0.684. The molecule has 0 radical (unpaired) electrons. The summed E-state index contributed by atoms with van der Waals surface area (Å²) in [4.78, 5) is 27.2. The van der Waals surface area contributed by atoms with Crippen LogP contribution in [0.15, 0.2) is 4.52 Å². The van der Waals surface area contributed by atoms with Crippen molar-refractivity contribution in [1.82, 2.24) is 15.5 Å². The Hall–Kier alpha value is -1.92. The van der Waals surface area contributed by atoms with Gasteiger partial charge in [-0.1, -0.05) is 32.3 Å². The Balaban J connectivity index is 2.36. The molecule has 2 atom stereocenters. The molecule has 1 aromatic heterocycles. The Labute approximate surface area is 130 Å². The third kappa shape index (κ3) is 5.83. The summed E-state index contributed by atoms with van der Waals surface area (Å²) >= 11 is 0. The molecule has 1 amide bonds. The number of carbonyl (C=O) groups excluding carboxylic acids is 1. The second-order valence-corrected chi connectivity index (χ2v) is 5.48. The zero-order chi connectivity index (χ0) is 16.5. The average Bonchev–Trinajstić information content (AvgIpc) is 2.91. The molecular formula is C15H25N3O4. The van der Waals surface area contributed by atoms with Gasteiger partial charge in [-0.2, -0.15) is 4.98 Å². The van der Waals surface area contributed by atoms with Crippen LogP contribution in [0.4, 0.5) is 0 Å². The normalized spacial score (nSPS) is 13.6. The molecule has 1 heterocycles. The van der Waals surface area contributed by atoms with Gasteiger partial charge >= 0.3 is 5.97 Å². The number of nitrogens with one attached hydrogen (secondary N) is 1. The second kappa shape index (κ2) is 9.17. The van der Waals surface area contributed by atoms with Gasteiger partial charge in [-0.15, -0.1) is 0 Å². The van der Waals surface area contributed by atoms with Crippen molar-refractivity contribution < 1.29 is 19.2 Å². The first kappa shape index (κ1) is 18.1. The molecule has 0 aliphatic heterocycles. The first-order valence-corrected chi connectivity index (χ1v) is 7.81. The minimum atomic E-state index is -0.996. The lowest BCUT2D eigenvalue weighted by molar-refractivity contribution is -0.143. The van der Waals surface area contributed by atoms with Crippen LogP contribution in [-0.2, 0) is 22.4 Å². The molecule has 22 heavy (non-hydrogen) atoms. The Kier molecular flexibility index (Phi) is 7.56. The van der Waals surface area contributed by atoms with Gasteiger partial charge < -0.3 is 14.9 Å².